The van der Waals surface area contributed by atoms with Crippen LogP contribution in [-0.2, 0) is 6.54 Å². The molecule has 0 atom stereocenters. The van der Waals surface area contributed by atoms with Gasteiger partial charge in [-0.05, 0) is 29.8 Å². The SMILES string of the molecule is CN(Cc1ccncc1)C(=O)c1ccc(C(=O)O)cn1. The number of carboxylic acid groups (broad SMARTS) is 1. The van der Waals surface area contributed by atoms with Crippen LogP contribution in [0.3, 0.4) is 0 Å². The molecule has 2 heterocycles. The highest BCUT2D eigenvalue weighted by molar-refractivity contribution is 5.93. The number of carbonyl (C=O) groups excluding carboxylic acids is 1. The molecule has 0 aliphatic rings. The number of pyridine rings is 2. The highest BCUT2D eigenvalue weighted by Crippen LogP contribution is 2.07. The maximum Gasteiger partial charge on any atom is 0.337 e. The smallest absolute Gasteiger partial charge is 0.337 e. The lowest BCUT2D eigenvalue weighted by Gasteiger charge is -2.16. The van der Waals surface area contributed by atoms with Gasteiger partial charge < -0.3 is 10.0 Å². The van der Waals surface area contributed by atoms with Crippen molar-refractivity contribution in [3.05, 3.63) is 59.7 Å². The molecule has 0 saturated carbocycles. The molecule has 0 radical (unpaired) electrons. The van der Waals surface area contributed by atoms with Crippen LogP contribution in [-0.4, -0.2) is 38.9 Å². The van der Waals surface area contributed by atoms with Gasteiger partial charge in [0, 0.05) is 32.2 Å². The van der Waals surface area contributed by atoms with E-state index in [4.69, 9.17) is 5.11 Å². The topological polar surface area (TPSA) is 83.4 Å². The average molecular weight is 271 g/mol. The van der Waals surface area contributed by atoms with E-state index < -0.39 is 5.97 Å². The number of amides is 1. The van der Waals surface area contributed by atoms with Crippen LogP contribution < -0.4 is 0 Å². The van der Waals surface area contributed by atoms with Gasteiger partial charge in [-0.15, -0.1) is 0 Å². The van der Waals surface area contributed by atoms with E-state index in [2.05, 4.69) is 9.97 Å². The lowest BCUT2D eigenvalue weighted by atomic mass is 10.2. The van der Waals surface area contributed by atoms with Crippen LogP contribution in [0.4, 0.5) is 0 Å². The van der Waals surface area contributed by atoms with Crippen molar-refractivity contribution in [1.82, 2.24) is 14.9 Å². The molecule has 0 aliphatic carbocycles. The Labute approximate surface area is 115 Å². The third kappa shape index (κ3) is 3.17. The van der Waals surface area contributed by atoms with Crippen LogP contribution in [0.2, 0.25) is 0 Å². The average Bonchev–Trinajstić information content (AvgIpc) is 2.47. The number of rotatable bonds is 4. The van der Waals surface area contributed by atoms with E-state index in [0.717, 1.165) is 5.56 Å². The van der Waals surface area contributed by atoms with Crippen molar-refractivity contribution in [1.29, 1.82) is 0 Å². The van der Waals surface area contributed by atoms with Crippen molar-refractivity contribution >= 4 is 11.9 Å². The molecule has 2 rings (SSSR count). The normalized spacial score (nSPS) is 10.1. The first kappa shape index (κ1) is 13.7. The van der Waals surface area contributed by atoms with E-state index in [0.29, 0.717) is 6.54 Å². The summed E-state index contributed by atoms with van der Waals surface area (Å²) in [6.07, 6.45) is 4.50. The van der Waals surface area contributed by atoms with Crippen molar-refractivity contribution in [2.24, 2.45) is 0 Å². The van der Waals surface area contributed by atoms with Crippen molar-refractivity contribution in [2.75, 3.05) is 7.05 Å². The molecular formula is C14H13N3O3. The van der Waals surface area contributed by atoms with Crippen LogP contribution in [0.1, 0.15) is 26.4 Å². The van der Waals surface area contributed by atoms with E-state index in [1.165, 1.54) is 23.2 Å². The second-order valence-electron chi connectivity index (χ2n) is 4.25. The van der Waals surface area contributed by atoms with Gasteiger partial charge in [-0.25, -0.2) is 4.79 Å². The first-order valence-electron chi connectivity index (χ1n) is 5.91. The first-order chi connectivity index (χ1) is 9.58. The summed E-state index contributed by atoms with van der Waals surface area (Å²) in [5, 5.41) is 8.78. The lowest BCUT2D eigenvalue weighted by molar-refractivity contribution is 0.0694. The quantitative estimate of drug-likeness (QED) is 0.909. The summed E-state index contributed by atoms with van der Waals surface area (Å²) in [6.45, 7) is 0.434. The predicted molar refractivity (Wildman–Crippen MR) is 71.2 cm³/mol. The van der Waals surface area contributed by atoms with E-state index in [1.54, 1.807) is 19.4 Å². The van der Waals surface area contributed by atoms with Gasteiger partial charge in [-0.2, -0.15) is 0 Å². The molecule has 0 aliphatic heterocycles. The molecular weight excluding hydrogens is 258 g/mol. The largest absolute Gasteiger partial charge is 0.478 e. The van der Waals surface area contributed by atoms with Crippen LogP contribution >= 0.6 is 0 Å². The van der Waals surface area contributed by atoms with Gasteiger partial charge in [0.05, 0.1) is 5.56 Å². The molecule has 0 bridgehead atoms. The zero-order valence-electron chi connectivity index (χ0n) is 10.9. The molecule has 102 valence electrons. The maximum atomic E-state index is 12.1. The summed E-state index contributed by atoms with van der Waals surface area (Å²) in [7, 11) is 1.66. The number of hydrogen-bond donors (Lipinski definition) is 1. The summed E-state index contributed by atoms with van der Waals surface area (Å²) in [6, 6.07) is 6.42. The zero-order chi connectivity index (χ0) is 14.5. The zero-order valence-corrected chi connectivity index (χ0v) is 10.9. The Hall–Kier alpha value is -2.76. The molecule has 0 saturated heterocycles. The van der Waals surface area contributed by atoms with Crippen LogP contribution in [0.15, 0.2) is 42.9 Å². The molecule has 0 aromatic carbocycles. The minimum Gasteiger partial charge on any atom is -0.478 e. The molecule has 1 amide bonds. The lowest BCUT2D eigenvalue weighted by Crippen LogP contribution is -2.27. The summed E-state index contributed by atoms with van der Waals surface area (Å²) in [5.41, 5.74) is 1.22. The number of aromatic carboxylic acids is 1. The molecule has 2 aromatic heterocycles. The van der Waals surface area contributed by atoms with E-state index in [9.17, 15) is 9.59 Å². The molecule has 2 aromatic rings. The predicted octanol–water partition coefficient (Wildman–Crippen LogP) is 1.45. The molecule has 0 spiro atoms. The van der Waals surface area contributed by atoms with Gasteiger partial charge in [0.25, 0.3) is 5.91 Å². The third-order valence-electron chi connectivity index (χ3n) is 2.75. The van der Waals surface area contributed by atoms with E-state index >= 15 is 0 Å². The fourth-order valence-electron chi connectivity index (χ4n) is 1.68. The second-order valence-corrected chi connectivity index (χ2v) is 4.25. The standard InChI is InChI=1S/C14H13N3O3/c1-17(9-10-4-6-15-7-5-10)13(18)12-3-2-11(8-16-12)14(19)20/h2-8H,9H2,1H3,(H,19,20). The van der Waals surface area contributed by atoms with E-state index in [-0.39, 0.29) is 17.2 Å². The summed E-state index contributed by atoms with van der Waals surface area (Å²) < 4.78 is 0. The first-order valence-corrected chi connectivity index (χ1v) is 5.91. The molecule has 6 nitrogen and oxygen atoms in total. The van der Waals surface area contributed by atoms with Gasteiger partial charge in [0.1, 0.15) is 5.69 Å². The minimum atomic E-state index is -1.07. The highest BCUT2D eigenvalue weighted by Gasteiger charge is 2.14. The monoisotopic (exact) mass is 271 g/mol. The Morgan fingerprint density at radius 2 is 1.90 bits per heavy atom. The Balaban J connectivity index is 2.08. The maximum absolute atomic E-state index is 12.1. The van der Waals surface area contributed by atoms with Crippen LogP contribution in [0.25, 0.3) is 0 Å². The molecule has 6 heteroatoms. The van der Waals surface area contributed by atoms with Gasteiger partial charge in [0.15, 0.2) is 0 Å². The molecule has 0 unspecified atom stereocenters. The third-order valence-corrected chi connectivity index (χ3v) is 2.75. The highest BCUT2D eigenvalue weighted by atomic mass is 16.4. The minimum absolute atomic E-state index is 0.0540. The van der Waals surface area contributed by atoms with Crippen molar-refractivity contribution in [3.8, 4) is 0 Å². The Morgan fingerprint density at radius 1 is 1.20 bits per heavy atom. The van der Waals surface area contributed by atoms with Crippen LogP contribution in [0.5, 0.6) is 0 Å². The van der Waals surface area contributed by atoms with Crippen molar-refractivity contribution in [3.63, 3.8) is 0 Å². The Kier molecular flexibility index (Phi) is 4.05. The van der Waals surface area contributed by atoms with Gasteiger partial charge in [-0.3, -0.25) is 14.8 Å². The number of carbonyl (C=O) groups is 2. The van der Waals surface area contributed by atoms with Gasteiger partial charge >= 0.3 is 5.97 Å². The number of aromatic nitrogens is 2. The molecule has 0 fully saturated rings. The van der Waals surface area contributed by atoms with Gasteiger partial charge in [0.2, 0.25) is 0 Å². The molecule has 20 heavy (non-hydrogen) atoms. The Morgan fingerprint density at radius 3 is 2.45 bits per heavy atom. The fourth-order valence-corrected chi connectivity index (χ4v) is 1.68. The second kappa shape index (κ2) is 5.92. The molecule has 1 N–H and O–H groups in total. The van der Waals surface area contributed by atoms with E-state index in [1.807, 2.05) is 12.1 Å². The summed E-state index contributed by atoms with van der Waals surface area (Å²) in [5.74, 6) is -1.33. The number of carboxylic acids is 1. The van der Waals surface area contributed by atoms with Crippen molar-refractivity contribution in [2.45, 2.75) is 6.54 Å². The van der Waals surface area contributed by atoms with Crippen molar-refractivity contribution < 1.29 is 14.7 Å². The fraction of sp³-hybridized carbons (Fsp3) is 0.143. The number of nitrogens with zero attached hydrogens (tertiary/aromatic N) is 3. The Bertz CT molecular complexity index is 611. The van der Waals surface area contributed by atoms with Gasteiger partial charge in [-0.1, -0.05) is 0 Å². The summed E-state index contributed by atoms with van der Waals surface area (Å²) >= 11 is 0. The number of hydrogen-bond acceptors (Lipinski definition) is 4. The van der Waals surface area contributed by atoms with Crippen LogP contribution in [0, 0.1) is 0 Å². The summed E-state index contributed by atoms with van der Waals surface area (Å²) in [4.78, 5) is 32.1.